The molecule has 1 N–H and O–H groups in total. The third kappa shape index (κ3) is 2.28. The van der Waals surface area contributed by atoms with Crippen LogP contribution in [-0.2, 0) is 6.42 Å². The number of aliphatic hydroxyl groups is 1. The second-order valence-electron chi connectivity index (χ2n) is 4.83. The van der Waals surface area contributed by atoms with Crippen LogP contribution in [0.3, 0.4) is 0 Å². The van der Waals surface area contributed by atoms with Gasteiger partial charge in [0.05, 0.1) is 11.6 Å². The fourth-order valence-electron chi connectivity index (χ4n) is 2.53. The average Bonchev–Trinajstić information content (AvgIpc) is 2.49. The molecule has 1 heterocycles. The van der Waals surface area contributed by atoms with Gasteiger partial charge in [-0.15, -0.1) is 0 Å². The Morgan fingerprint density at radius 1 is 1.15 bits per heavy atom. The number of halogens is 2. The van der Waals surface area contributed by atoms with Crippen molar-refractivity contribution in [2.75, 3.05) is 6.61 Å². The van der Waals surface area contributed by atoms with E-state index in [4.69, 9.17) is 16.3 Å². The van der Waals surface area contributed by atoms with Crippen molar-refractivity contribution >= 4 is 11.6 Å². The summed E-state index contributed by atoms with van der Waals surface area (Å²) in [7, 11) is 0. The number of para-hydroxylation sites is 1. The first-order chi connectivity index (χ1) is 9.68. The number of ether oxygens (including phenoxy) is 1. The van der Waals surface area contributed by atoms with Gasteiger partial charge in [0.25, 0.3) is 0 Å². The van der Waals surface area contributed by atoms with E-state index in [0.717, 1.165) is 18.4 Å². The lowest BCUT2D eigenvalue weighted by molar-refractivity contribution is 0.206. The Labute approximate surface area is 121 Å². The monoisotopic (exact) mass is 292 g/mol. The van der Waals surface area contributed by atoms with Gasteiger partial charge in [-0.2, -0.15) is 0 Å². The summed E-state index contributed by atoms with van der Waals surface area (Å²) in [6.45, 7) is 0.633. The van der Waals surface area contributed by atoms with Crippen LogP contribution in [0.4, 0.5) is 4.39 Å². The standard InChI is InChI=1S/C16H14ClFO2/c17-14-11(6-2-8-13(14)18)15(19)12-7-1-4-10-5-3-9-20-16(10)12/h1-2,4,6-8,15,19H,3,5,9H2. The van der Waals surface area contributed by atoms with E-state index in [-0.39, 0.29) is 5.02 Å². The van der Waals surface area contributed by atoms with Crippen molar-refractivity contribution in [3.8, 4) is 5.75 Å². The number of hydrogen-bond acceptors (Lipinski definition) is 2. The second kappa shape index (κ2) is 5.43. The van der Waals surface area contributed by atoms with Gasteiger partial charge in [-0.3, -0.25) is 0 Å². The smallest absolute Gasteiger partial charge is 0.142 e. The van der Waals surface area contributed by atoms with Crippen LogP contribution < -0.4 is 4.74 Å². The highest BCUT2D eigenvalue weighted by Crippen LogP contribution is 2.38. The molecule has 0 aromatic heterocycles. The Balaban J connectivity index is 2.07. The molecule has 20 heavy (non-hydrogen) atoms. The van der Waals surface area contributed by atoms with Crippen LogP contribution in [-0.4, -0.2) is 11.7 Å². The molecule has 1 aliphatic rings. The van der Waals surface area contributed by atoms with Crippen LogP contribution in [0.5, 0.6) is 5.75 Å². The molecule has 4 heteroatoms. The fourth-order valence-corrected chi connectivity index (χ4v) is 2.76. The first-order valence-electron chi connectivity index (χ1n) is 6.55. The highest BCUT2D eigenvalue weighted by atomic mass is 35.5. The van der Waals surface area contributed by atoms with E-state index in [9.17, 15) is 9.50 Å². The van der Waals surface area contributed by atoms with Crippen LogP contribution in [0, 0.1) is 5.82 Å². The number of aryl methyl sites for hydroxylation is 1. The van der Waals surface area contributed by atoms with E-state index in [0.29, 0.717) is 23.5 Å². The van der Waals surface area contributed by atoms with Crippen molar-refractivity contribution < 1.29 is 14.2 Å². The molecule has 2 aromatic carbocycles. The summed E-state index contributed by atoms with van der Waals surface area (Å²) in [4.78, 5) is 0. The van der Waals surface area contributed by atoms with Crippen LogP contribution in [0.15, 0.2) is 36.4 Å². The third-order valence-corrected chi connectivity index (χ3v) is 3.93. The van der Waals surface area contributed by atoms with Crippen molar-refractivity contribution in [2.24, 2.45) is 0 Å². The van der Waals surface area contributed by atoms with Gasteiger partial charge in [-0.25, -0.2) is 4.39 Å². The first-order valence-corrected chi connectivity index (χ1v) is 6.93. The van der Waals surface area contributed by atoms with Crippen molar-refractivity contribution in [3.63, 3.8) is 0 Å². The molecule has 0 amide bonds. The van der Waals surface area contributed by atoms with Gasteiger partial charge in [0, 0.05) is 11.1 Å². The Bertz CT molecular complexity index is 642. The van der Waals surface area contributed by atoms with Crippen molar-refractivity contribution in [2.45, 2.75) is 18.9 Å². The molecule has 2 nitrogen and oxygen atoms in total. The third-order valence-electron chi connectivity index (χ3n) is 3.53. The van der Waals surface area contributed by atoms with Gasteiger partial charge in [0.1, 0.15) is 17.7 Å². The molecule has 0 aliphatic carbocycles. The number of hydrogen-bond donors (Lipinski definition) is 1. The molecule has 0 saturated carbocycles. The minimum atomic E-state index is -0.994. The number of aliphatic hydroxyl groups excluding tert-OH is 1. The van der Waals surface area contributed by atoms with E-state index in [2.05, 4.69) is 0 Å². The Morgan fingerprint density at radius 2 is 1.90 bits per heavy atom. The van der Waals surface area contributed by atoms with Gasteiger partial charge < -0.3 is 9.84 Å². The normalized spacial score (nSPS) is 15.3. The number of rotatable bonds is 2. The van der Waals surface area contributed by atoms with E-state index in [1.807, 2.05) is 12.1 Å². The molecule has 1 unspecified atom stereocenters. The lowest BCUT2D eigenvalue weighted by Gasteiger charge is -2.23. The molecule has 3 rings (SSSR count). The summed E-state index contributed by atoms with van der Waals surface area (Å²) in [5, 5.41) is 10.5. The van der Waals surface area contributed by atoms with E-state index >= 15 is 0 Å². The summed E-state index contributed by atoms with van der Waals surface area (Å²) in [5.74, 6) is 0.167. The van der Waals surface area contributed by atoms with Crippen molar-refractivity contribution in [1.29, 1.82) is 0 Å². The lowest BCUT2D eigenvalue weighted by Crippen LogP contribution is -2.13. The van der Waals surface area contributed by atoms with Gasteiger partial charge >= 0.3 is 0 Å². The maximum Gasteiger partial charge on any atom is 0.142 e. The summed E-state index contributed by atoms with van der Waals surface area (Å²) in [6.07, 6.45) is 0.895. The van der Waals surface area contributed by atoms with Crippen LogP contribution in [0.1, 0.15) is 29.2 Å². The Kier molecular flexibility index (Phi) is 3.64. The number of fused-ring (bicyclic) bond motifs is 1. The predicted molar refractivity (Wildman–Crippen MR) is 75.7 cm³/mol. The quantitative estimate of drug-likeness (QED) is 0.910. The van der Waals surface area contributed by atoms with E-state index in [1.54, 1.807) is 12.1 Å². The SMILES string of the molecule is OC(c1cccc(F)c1Cl)c1cccc2c1OCCC2. The van der Waals surface area contributed by atoms with E-state index < -0.39 is 11.9 Å². The minimum absolute atomic E-state index is 0.0478. The fraction of sp³-hybridized carbons (Fsp3) is 0.250. The summed E-state index contributed by atoms with van der Waals surface area (Å²) < 4.78 is 19.2. The molecule has 2 aromatic rings. The molecule has 1 aliphatic heterocycles. The Morgan fingerprint density at radius 3 is 2.75 bits per heavy atom. The summed E-state index contributed by atoms with van der Waals surface area (Å²) >= 11 is 5.95. The molecule has 1 atom stereocenters. The molecule has 0 saturated heterocycles. The lowest BCUT2D eigenvalue weighted by atomic mass is 9.95. The van der Waals surface area contributed by atoms with Crippen LogP contribution in [0.25, 0.3) is 0 Å². The molecule has 0 fully saturated rings. The van der Waals surface area contributed by atoms with Gasteiger partial charge in [-0.1, -0.05) is 41.9 Å². The molecular weight excluding hydrogens is 279 g/mol. The first kappa shape index (κ1) is 13.4. The minimum Gasteiger partial charge on any atom is -0.493 e. The van der Waals surface area contributed by atoms with Gasteiger partial charge in [-0.05, 0) is 24.5 Å². The molecule has 0 bridgehead atoms. The maximum atomic E-state index is 13.5. The molecule has 0 spiro atoms. The average molecular weight is 293 g/mol. The zero-order chi connectivity index (χ0) is 14.1. The molecule has 0 radical (unpaired) electrons. The highest BCUT2D eigenvalue weighted by molar-refractivity contribution is 6.31. The van der Waals surface area contributed by atoms with Gasteiger partial charge in [0.2, 0.25) is 0 Å². The number of benzene rings is 2. The maximum absolute atomic E-state index is 13.5. The molecule has 104 valence electrons. The van der Waals surface area contributed by atoms with Crippen molar-refractivity contribution in [1.82, 2.24) is 0 Å². The van der Waals surface area contributed by atoms with Crippen LogP contribution in [0.2, 0.25) is 5.02 Å². The topological polar surface area (TPSA) is 29.5 Å². The van der Waals surface area contributed by atoms with E-state index in [1.165, 1.54) is 12.1 Å². The van der Waals surface area contributed by atoms with Crippen LogP contribution >= 0.6 is 11.6 Å². The Hall–Kier alpha value is -1.58. The van der Waals surface area contributed by atoms with Crippen molar-refractivity contribution in [3.05, 3.63) is 63.9 Å². The summed E-state index contributed by atoms with van der Waals surface area (Å²) in [6, 6.07) is 10.1. The molecular formula is C16H14ClFO2. The zero-order valence-electron chi connectivity index (χ0n) is 10.8. The highest BCUT2D eigenvalue weighted by Gasteiger charge is 2.23. The summed E-state index contributed by atoms with van der Waals surface area (Å²) in [5.41, 5.74) is 2.06. The van der Waals surface area contributed by atoms with Gasteiger partial charge in [0.15, 0.2) is 0 Å². The largest absolute Gasteiger partial charge is 0.493 e. The zero-order valence-corrected chi connectivity index (χ0v) is 11.5. The second-order valence-corrected chi connectivity index (χ2v) is 5.21. The predicted octanol–water partition coefficient (Wildman–Crippen LogP) is 3.89.